The number of rotatable bonds is 5. The molecule has 0 unspecified atom stereocenters. The molecule has 0 aliphatic heterocycles. The maximum Gasteiger partial charge on any atom is 0.314 e. The molecule has 1 saturated carbocycles. The number of carboxylic acid groups (broad SMARTS) is 1. The van der Waals surface area contributed by atoms with Gasteiger partial charge in [-0.15, -0.1) is 0 Å². The molecule has 0 bridgehead atoms. The molecular weight excluding hydrogens is 244 g/mol. The molecule has 0 spiro atoms. The largest absolute Gasteiger partial charge is 0.496 e. The first-order valence-electron chi connectivity index (χ1n) is 6.54. The third kappa shape index (κ3) is 2.32. The van der Waals surface area contributed by atoms with E-state index in [0.29, 0.717) is 25.2 Å². The summed E-state index contributed by atoms with van der Waals surface area (Å²) in [6.45, 7) is 0.369. The molecule has 104 valence electrons. The highest BCUT2D eigenvalue weighted by Gasteiger charge is 2.44. The predicted molar refractivity (Wildman–Crippen MR) is 71.5 cm³/mol. The number of methoxy groups -OCH3 is 2. The Morgan fingerprint density at radius 3 is 2.53 bits per heavy atom. The van der Waals surface area contributed by atoms with Gasteiger partial charge in [-0.2, -0.15) is 0 Å². The maximum absolute atomic E-state index is 11.8. The summed E-state index contributed by atoms with van der Waals surface area (Å²) in [6.07, 6.45) is 3.28. The van der Waals surface area contributed by atoms with Crippen molar-refractivity contribution in [1.82, 2.24) is 0 Å². The third-order valence-corrected chi connectivity index (χ3v) is 4.02. The molecule has 1 fully saturated rings. The lowest BCUT2D eigenvalue weighted by atomic mass is 9.76. The minimum absolute atomic E-state index is 0.369. The van der Waals surface area contributed by atoms with Crippen LogP contribution >= 0.6 is 0 Å². The van der Waals surface area contributed by atoms with Gasteiger partial charge in [0.25, 0.3) is 0 Å². The zero-order valence-electron chi connectivity index (χ0n) is 11.4. The molecule has 0 heterocycles. The first kappa shape index (κ1) is 13.9. The summed E-state index contributed by atoms with van der Waals surface area (Å²) in [6, 6.07) is 5.61. The van der Waals surface area contributed by atoms with Crippen molar-refractivity contribution in [2.75, 3.05) is 14.2 Å². The summed E-state index contributed by atoms with van der Waals surface area (Å²) >= 11 is 0. The van der Waals surface area contributed by atoms with Crippen LogP contribution in [0.3, 0.4) is 0 Å². The topological polar surface area (TPSA) is 55.8 Å². The normalized spacial score (nSPS) is 17.4. The van der Waals surface area contributed by atoms with Gasteiger partial charge in [-0.1, -0.05) is 25.0 Å². The van der Waals surface area contributed by atoms with Gasteiger partial charge in [0.1, 0.15) is 5.75 Å². The van der Waals surface area contributed by atoms with E-state index in [1.54, 1.807) is 14.2 Å². The van der Waals surface area contributed by atoms with Gasteiger partial charge in [-0.25, -0.2) is 0 Å². The quantitative estimate of drug-likeness (QED) is 0.888. The van der Waals surface area contributed by atoms with E-state index in [2.05, 4.69) is 0 Å². The van der Waals surface area contributed by atoms with Gasteiger partial charge in [0.15, 0.2) is 0 Å². The van der Waals surface area contributed by atoms with Gasteiger partial charge in [0.2, 0.25) is 0 Å². The highest BCUT2D eigenvalue weighted by Crippen LogP contribution is 2.44. The van der Waals surface area contributed by atoms with E-state index < -0.39 is 11.4 Å². The first-order chi connectivity index (χ1) is 9.15. The summed E-state index contributed by atoms with van der Waals surface area (Å²) in [4.78, 5) is 11.8. The Morgan fingerprint density at radius 2 is 2.00 bits per heavy atom. The molecule has 1 aliphatic carbocycles. The smallest absolute Gasteiger partial charge is 0.314 e. The van der Waals surface area contributed by atoms with Crippen LogP contribution in [0.2, 0.25) is 0 Å². The second-order valence-electron chi connectivity index (χ2n) is 5.01. The molecule has 19 heavy (non-hydrogen) atoms. The zero-order chi connectivity index (χ0) is 13.9. The molecule has 0 atom stereocenters. The number of hydrogen-bond donors (Lipinski definition) is 1. The van der Waals surface area contributed by atoms with Crippen molar-refractivity contribution in [1.29, 1.82) is 0 Å². The predicted octanol–water partition coefficient (Wildman–Crippen LogP) is 2.74. The molecule has 2 rings (SSSR count). The Hall–Kier alpha value is -1.55. The average Bonchev–Trinajstić information content (AvgIpc) is 2.90. The van der Waals surface area contributed by atoms with Crippen LogP contribution in [0.5, 0.6) is 5.75 Å². The summed E-state index contributed by atoms with van der Waals surface area (Å²) < 4.78 is 10.6. The minimum Gasteiger partial charge on any atom is -0.496 e. The minimum atomic E-state index is -0.775. The fraction of sp³-hybridized carbons (Fsp3) is 0.533. The fourth-order valence-electron chi connectivity index (χ4n) is 3.08. The van der Waals surface area contributed by atoms with Gasteiger partial charge >= 0.3 is 5.97 Å². The van der Waals surface area contributed by atoms with Crippen LogP contribution in [-0.2, 0) is 21.6 Å². The van der Waals surface area contributed by atoms with Crippen LogP contribution in [0.15, 0.2) is 18.2 Å². The van der Waals surface area contributed by atoms with E-state index in [1.165, 1.54) is 0 Å². The number of benzene rings is 1. The zero-order valence-corrected chi connectivity index (χ0v) is 11.4. The van der Waals surface area contributed by atoms with Crippen molar-refractivity contribution in [2.45, 2.75) is 37.7 Å². The summed E-state index contributed by atoms with van der Waals surface area (Å²) in [5.41, 5.74) is 0.929. The van der Waals surface area contributed by atoms with E-state index in [4.69, 9.17) is 9.47 Å². The lowest BCUT2D eigenvalue weighted by Crippen LogP contribution is -2.34. The third-order valence-electron chi connectivity index (χ3n) is 4.02. The Balaban J connectivity index is 2.56. The molecule has 0 saturated heterocycles. The Kier molecular flexibility index (Phi) is 4.10. The number of carboxylic acids is 1. The number of aliphatic carboxylic acids is 1. The van der Waals surface area contributed by atoms with Gasteiger partial charge in [0.05, 0.1) is 19.1 Å². The number of hydrogen-bond acceptors (Lipinski definition) is 3. The SMILES string of the molecule is COCc1c(OC)cccc1C1(C(=O)O)CCCC1. The Morgan fingerprint density at radius 1 is 1.32 bits per heavy atom. The van der Waals surface area contributed by atoms with Gasteiger partial charge in [0, 0.05) is 12.7 Å². The van der Waals surface area contributed by atoms with Crippen molar-refractivity contribution < 1.29 is 19.4 Å². The van der Waals surface area contributed by atoms with E-state index in [1.807, 2.05) is 18.2 Å². The molecule has 1 aliphatic rings. The van der Waals surface area contributed by atoms with Gasteiger partial charge in [-0.3, -0.25) is 4.79 Å². The van der Waals surface area contributed by atoms with E-state index >= 15 is 0 Å². The average molecular weight is 264 g/mol. The van der Waals surface area contributed by atoms with Crippen LogP contribution in [-0.4, -0.2) is 25.3 Å². The molecule has 1 N–H and O–H groups in total. The summed E-state index contributed by atoms with van der Waals surface area (Å²) in [7, 11) is 3.21. The molecule has 0 radical (unpaired) electrons. The lowest BCUT2D eigenvalue weighted by Gasteiger charge is -2.27. The Bertz CT molecular complexity index is 461. The van der Waals surface area contributed by atoms with Crippen molar-refractivity contribution in [3.05, 3.63) is 29.3 Å². The van der Waals surface area contributed by atoms with Crippen molar-refractivity contribution in [3.8, 4) is 5.75 Å². The maximum atomic E-state index is 11.8. The van der Waals surface area contributed by atoms with Gasteiger partial charge < -0.3 is 14.6 Å². The first-order valence-corrected chi connectivity index (χ1v) is 6.54. The Labute approximate surface area is 113 Å². The lowest BCUT2D eigenvalue weighted by molar-refractivity contribution is -0.143. The van der Waals surface area contributed by atoms with Crippen LogP contribution < -0.4 is 4.74 Å². The van der Waals surface area contributed by atoms with E-state index in [0.717, 1.165) is 24.0 Å². The standard InChI is InChI=1S/C15H20O4/c1-18-10-11-12(6-5-7-13(11)19-2)15(14(16)17)8-3-4-9-15/h5-7H,3-4,8-10H2,1-2H3,(H,16,17). The molecule has 4 nitrogen and oxygen atoms in total. The van der Waals surface area contributed by atoms with Gasteiger partial charge in [-0.05, 0) is 24.5 Å². The second-order valence-corrected chi connectivity index (χ2v) is 5.01. The molecular formula is C15H20O4. The van der Waals surface area contributed by atoms with Crippen LogP contribution in [0.4, 0.5) is 0 Å². The molecule has 0 aromatic heterocycles. The fourth-order valence-corrected chi connectivity index (χ4v) is 3.08. The van der Waals surface area contributed by atoms with E-state index in [9.17, 15) is 9.90 Å². The molecule has 0 amide bonds. The van der Waals surface area contributed by atoms with Crippen LogP contribution in [0.25, 0.3) is 0 Å². The monoisotopic (exact) mass is 264 g/mol. The second kappa shape index (κ2) is 5.61. The molecule has 1 aromatic carbocycles. The highest BCUT2D eigenvalue weighted by atomic mass is 16.5. The van der Waals surface area contributed by atoms with Crippen molar-refractivity contribution >= 4 is 5.97 Å². The van der Waals surface area contributed by atoms with Crippen molar-refractivity contribution in [3.63, 3.8) is 0 Å². The highest BCUT2D eigenvalue weighted by molar-refractivity contribution is 5.82. The molecule has 4 heteroatoms. The summed E-state index contributed by atoms with van der Waals surface area (Å²) in [5.74, 6) is -0.0394. The van der Waals surface area contributed by atoms with Crippen molar-refractivity contribution in [2.24, 2.45) is 0 Å². The van der Waals surface area contributed by atoms with E-state index in [-0.39, 0.29) is 0 Å². The number of carbonyl (C=O) groups is 1. The number of ether oxygens (including phenoxy) is 2. The van der Waals surface area contributed by atoms with Crippen LogP contribution in [0.1, 0.15) is 36.8 Å². The molecule has 1 aromatic rings. The summed E-state index contributed by atoms with van der Waals surface area (Å²) in [5, 5.41) is 9.69. The van der Waals surface area contributed by atoms with Crippen LogP contribution in [0, 0.1) is 0 Å².